The average Bonchev–Trinajstić information content (AvgIpc) is 3.44. The highest BCUT2D eigenvalue weighted by Gasteiger charge is 2.18. The smallest absolute Gasteiger partial charge is 0.0467 e. The molecule has 0 spiro atoms. The predicted octanol–water partition coefficient (Wildman–Crippen LogP) is 19.1. The zero-order valence-electron chi connectivity index (χ0n) is 38.1. The molecule has 0 bridgehead atoms. The van der Waals surface area contributed by atoms with E-state index in [1.165, 1.54) is 93.9 Å². The van der Waals surface area contributed by atoms with Crippen LogP contribution in [0.2, 0.25) is 0 Å². The molecule has 0 N–H and O–H groups in total. The minimum atomic E-state index is 1.08. The van der Waals surface area contributed by atoms with E-state index in [2.05, 4.69) is 290 Å². The third-order valence-corrected chi connectivity index (χ3v) is 13.5. The molecule has 0 heterocycles. The quantitative estimate of drug-likeness (QED) is 0.132. The van der Waals surface area contributed by atoms with E-state index in [9.17, 15) is 0 Å². The molecule has 0 aromatic heterocycles. The van der Waals surface area contributed by atoms with Crippen molar-refractivity contribution < 1.29 is 0 Å². The minimum Gasteiger partial charge on any atom is -0.310 e. The summed E-state index contributed by atoms with van der Waals surface area (Å²) in [4.78, 5) is 2.39. The molecule has 12 rings (SSSR count). The van der Waals surface area contributed by atoms with Crippen molar-refractivity contribution in [3.63, 3.8) is 0 Å². The highest BCUT2D eigenvalue weighted by atomic mass is 15.1. The molecule has 1 heteroatoms. The van der Waals surface area contributed by atoms with Crippen molar-refractivity contribution in [3.8, 4) is 77.9 Å². The van der Waals surface area contributed by atoms with E-state index < -0.39 is 0 Å². The topological polar surface area (TPSA) is 3.24 Å². The molecule has 0 saturated carbocycles. The van der Waals surface area contributed by atoms with Crippen molar-refractivity contribution in [1.29, 1.82) is 0 Å². The third-order valence-electron chi connectivity index (χ3n) is 13.5. The lowest BCUT2D eigenvalue weighted by atomic mass is 9.91. The van der Waals surface area contributed by atoms with Gasteiger partial charge in [-0.3, -0.25) is 0 Å². The summed E-state index contributed by atoms with van der Waals surface area (Å²) in [5, 5.41) is 4.96. The fourth-order valence-corrected chi connectivity index (χ4v) is 10.2. The zero-order chi connectivity index (χ0) is 45.9. The Hall–Kier alpha value is -9.04. The van der Waals surface area contributed by atoms with Crippen LogP contribution in [0, 0.1) is 0 Å². The van der Waals surface area contributed by atoms with Gasteiger partial charge in [-0.05, 0) is 136 Å². The molecule has 0 aliphatic heterocycles. The fraction of sp³-hybridized carbons (Fsp3) is 0. The summed E-state index contributed by atoms with van der Waals surface area (Å²) in [7, 11) is 0. The Kier molecular flexibility index (Phi) is 11.0. The summed E-state index contributed by atoms with van der Waals surface area (Å²) in [6.07, 6.45) is 0. The van der Waals surface area contributed by atoms with E-state index in [1.807, 2.05) is 0 Å². The monoisotopic (exact) mass is 877 g/mol. The molecule has 0 saturated heterocycles. The molecular formula is C68H47N. The maximum atomic E-state index is 2.39. The van der Waals surface area contributed by atoms with Crippen molar-refractivity contribution in [2.45, 2.75) is 0 Å². The first-order valence-electron chi connectivity index (χ1n) is 23.7. The predicted molar refractivity (Wildman–Crippen MR) is 294 cm³/mol. The third kappa shape index (κ3) is 8.07. The van der Waals surface area contributed by atoms with Gasteiger partial charge in [0.05, 0.1) is 0 Å². The van der Waals surface area contributed by atoms with Gasteiger partial charge in [-0.15, -0.1) is 0 Å². The molecule has 324 valence electrons. The minimum absolute atomic E-state index is 1.08. The van der Waals surface area contributed by atoms with Gasteiger partial charge in [-0.25, -0.2) is 0 Å². The largest absolute Gasteiger partial charge is 0.310 e. The maximum Gasteiger partial charge on any atom is 0.0467 e. The van der Waals surface area contributed by atoms with Gasteiger partial charge in [0.2, 0.25) is 0 Å². The number of hydrogen-bond acceptors (Lipinski definition) is 1. The zero-order valence-corrected chi connectivity index (χ0v) is 38.1. The Labute approximate surface area is 404 Å². The van der Waals surface area contributed by atoms with E-state index in [1.54, 1.807) is 0 Å². The summed E-state index contributed by atoms with van der Waals surface area (Å²) in [6.45, 7) is 0. The molecule has 12 aromatic rings. The molecule has 0 aliphatic rings. The lowest BCUT2D eigenvalue weighted by molar-refractivity contribution is 1.28. The van der Waals surface area contributed by atoms with E-state index in [4.69, 9.17) is 0 Å². The first kappa shape index (κ1) is 41.4. The van der Waals surface area contributed by atoms with Gasteiger partial charge >= 0.3 is 0 Å². The number of rotatable bonds is 10. The number of nitrogens with zero attached hydrogens (tertiary/aromatic N) is 1. The van der Waals surface area contributed by atoms with E-state index in [-0.39, 0.29) is 0 Å². The molecule has 0 aliphatic carbocycles. The number of hydrogen-bond donors (Lipinski definition) is 0. The lowest BCUT2D eigenvalue weighted by Crippen LogP contribution is -2.10. The van der Waals surface area contributed by atoms with Gasteiger partial charge in [0.1, 0.15) is 0 Å². The second kappa shape index (κ2) is 18.3. The van der Waals surface area contributed by atoms with Crippen LogP contribution in [-0.4, -0.2) is 0 Å². The maximum absolute atomic E-state index is 2.39. The standard InChI is InChI=1S/C68H47N/c1-4-17-50(18-5-1)61-29-10-11-30-62(61)53-37-35-48(36-38-53)49-39-43-58(44-40-49)69(59-45-41-54(42-46-59)65-33-15-24-55-23-13-31-63(67(55)65)51-19-6-2-7-20-51)60-28-12-27-57(47-60)66-34-16-26-56-25-14-32-64(68(56)66)52-21-8-3-9-22-52/h1-47H. The second-order valence-corrected chi connectivity index (χ2v) is 17.6. The van der Waals surface area contributed by atoms with Gasteiger partial charge in [0.25, 0.3) is 0 Å². The first-order valence-corrected chi connectivity index (χ1v) is 23.7. The van der Waals surface area contributed by atoms with Crippen LogP contribution in [0.5, 0.6) is 0 Å². The van der Waals surface area contributed by atoms with E-state index >= 15 is 0 Å². The van der Waals surface area contributed by atoms with Gasteiger partial charge in [0.15, 0.2) is 0 Å². The lowest BCUT2D eigenvalue weighted by Gasteiger charge is -2.27. The Morgan fingerprint density at radius 2 is 0.464 bits per heavy atom. The van der Waals surface area contributed by atoms with Crippen molar-refractivity contribution in [1.82, 2.24) is 0 Å². The highest BCUT2D eigenvalue weighted by molar-refractivity contribution is 6.08. The van der Waals surface area contributed by atoms with Crippen LogP contribution in [0.4, 0.5) is 17.1 Å². The Morgan fingerprint density at radius 3 is 0.913 bits per heavy atom. The van der Waals surface area contributed by atoms with Crippen LogP contribution in [0.15, 0.2) is 285 Å². The molecule has 0 amide bonds. The van der Waals surface area contributed by atoms with Crippen molar-refractivity contribution >= 4 is 38.6 Å². The van der Waals surface area contributed by atoms with E-state index in [0.717, 1.165) is 22.6 Å². The van der Waals surface area contributed by atoms with Gasteiger partial charge in [-0.1, -0.05) is 249 Å². The highest BCUT2D eigenvalue weighted by Crippen LogP contribution is 2.43. The van der Waals surface area contributed by atoms with Gasteiger partial charge < -0.3 is 4.90 Å². The van der Waals surface area contributed by atoms with Crippen LogP contribution in [0.1, 0.15) is 0 Å². The number of anilines is 3. The number of fused-ring (bicyclic) bond motifs is 2. The van der Waals surface area contributed by atoms with Crippen LogP contribution < -0.4 is 4.90 Å². The SMILES string of the molecule is c1ccc(-c2ccccc2-c2ccc(-c3ccc(N(c4ccc(-c5cccc6cccc(-c7ccccc7)c56)cc4)c4cccc(-c5cccc6cccc(-c7ccccc7)c56)c4)cc3)cc2)cc1. The second-order valence-electron chi connectivity index (χ2n) is 17.6. The van der Waals surface area contributed by atoms with Crippen molar-refractivity contribution in [2.75, 3.05) is 4.90 Å². The first-order chi connectivity index (χ1) is 34.2. The molecule has 0 atom stereocenters. The normalized spacial score (nSPS) is 11.2. The van der Waals surface area contributed by atoms with Crippen molar-refractivity contribution in [3.05, 3.63) is 285 Å². The van der Waals surface area contributed by atoms with Crippen molar-refractivity contribution in [2.24, 2.45) is 0 Å². The Bertz CT molecular complexity index is 3720. The summed E-state index contributed by atoms with van der Waals surface area (Å²) < 4.78 is 0. The van der Waals surface area contributed by atoms with Gasteiger partial charge in [0, 0.05) is 17.1 Å². The van der Waals surface area contributed by atoms with Crippen LogP contribution >= 0.6 is 0 Å². The summed E-state index contributed by atoms with van der Waals surface area (Å²) in [6, 6.07) is 104. The van der Waals surface area contributed by atoms with E-state index in [0.29, 0.717) is 0 Å². The average molecular weight is 878 g/mol. The molecule has 0 radical (unpaired) electrons. The van der Waals surface area contributed by atoms with Gasteiger partial charge in [-0.2, -0.15) is 0 Å². The molecule has 1 nitrogen and oxygen atoms in total. The van der Waals surface area contributed by atoms with Crippen LogP contribution in [-0.2, 0) is 0 Å². The molecule has 69 heavy (non-hydrogen) atoms. The number of benzene rings is 12. The summed E-state index contributed by atoms with van der Waals surface area (Å²) in [5.41, 5.74) is 20.1. The fourth-order valence-electron chi connectivity index (χ4n) is 10.2. The molecule has 0 unspecified atom stereocenters. The molecule has 12 aromatic carbocycles. The van der Waals surface area contributed by atoms with Crippen LogP contribution in [0.3, 0.4) is 0 Å². The summed E-state index contributed by atoms with van der Waals surface area (Å²) in [5.74, 6) is 0. The molecule has 0 fully saturated rings. The Morgan fingerprint density at radius 1 is 0.174 bits per heavy atom. The summed E-state index contributed by atoms with van der Waals surface area (Å²) >= 11 is 0. The molecular weight excluding hydrogens is 831 g/mol. The van der Waals surface area contributed by atoms with Crippen LogP contribution in [0.25, 0.3) is 99.4 Å². The Balaban J connectivity index is 0.946.